The predicted molar refractivity (Wildman–Crippen MR) is 103 cm³/mol. The van der Waals surface area contributed by atoms with E-state index in [0.717, 1.165) is 11.8 Å². The molecule has 1 aliphatic heterocycles. The minimum Gasteiger partial charge on any atom is -0.343 e. The lowest BCUT2D eigenvalue weighted by Crippen LogP contribution is -2.41. The number of fused-ring (bicyclic) bond motifs is 1. The maximum atomic E-state index is 13.8. The molecule has 3 heterocycles. The van der Waals surface area contributed by atoms with Gasteiger partial charge in [0, 0.05) is 25.1 Å². The van der Waals surface area contributed by atoms with Crippen molar-refractivity contribution in [2.45, 2.75) is 32.0 Å². The summed E-state index contributed by atoms with van der Waals surface area (Å²) in [5.74, 6) is -3.52. The fourth-order valence-electron chi connectivity index (χ4n) is 3.38. The molecular formula is C18H19ClF3N7O. The number of hydrogen-bond donors (Lipinski definition) is 2. The summed E-state index contributed by atoms with van der Waals surface area (Å²) in [7, 11) is 0. The van der Waals surface area contributed by atoms with Gasteiger partial charge in [0.2, 0.25) is 5.91 Å². The van der Waals surface area contributed by atoms with Crippen molar-refractivity contribution in [3.05, 3.63) is 53.4 Å². The lowest BCUT2D eigenvalue weighted by Gasteiger charge is -2.28. The molecule has 1 aromatic carbocycles. The number of hydrogen-bond acceptors (Lipinski definition) is 5. The van der Waals surface area contributed by atoms with E-state index in [1.54, 1.807) is 15.8 Å². The number of H-pyrrole nitrogens is 1. The third kappa shape index (κ3) is 4.31. The first-order valence-corrected chi connectivity index (χ1v) is 9.00. The van der Waals surface area contributed by atoms with Gasteiger partial charge in [-0.1, -0.05) is 5.21 Å². The Hall–Kier alpha value is -2.92. The third-order valence-electron chi connectivity index (χ3n) is 4.87. The molecule has 0 saturated carbocycles. The second-order valence-corrected chi connectivity index (χ2v) is 6.91. The summed E-state index contributed by atoms with van der Waals surface area (Å²) in [6.07, 6.45) is 3.02. The maximum Gasteiger partial charge on any atom is 0.224 e. The van der Waals surface area contributed by atoms with Crippen LogP contribution in [0.25, 0.3) is 11.4 Å². The van der Waals surface area contributed by atoms with Gasteiger partial charge >= 0.3 is 0 Å². The standard InChI is InChI=1S/C18H18F3N7O.ClH/c19-12-6-14(21)13(20)4-10(12)3-11(22)5-17(29)27-1-2-28-16(8-27)18(25-26-28)15-7-23-9-24-15;/h4,6-7,9,11H,1-3,5,8,22H2,(H,23,24);1H/t11-;/m1./s1. The first-order valence-electron chi connectivity index (χ1n) is 9.00. The Kier molecular flexibility index (Phi) is 6.42. The molecule has 0 fully saturated rings. The molecule has 8 nitrogen and oxygen atoms in total. The molecule has 1 aliphatic rings. The number of benzene rings is 1. The van der Waals surface area contributed by atoms with Gasteiger partial charge in [0.1, 0.15) is 11.5 Å². The molecule has 0 spiro atoms. The largest absolute Gasteiger partial charge is 0.343 e. The molecule has 3 N–H and O–H groups in total. The lowest BCUT2D eigenvalue weighted by atomic mass is 10.0. The van der Waals surface area contributed by atoms with Crippen molar-refractivity contribution in [2.24, 2.45) is 5.73 Å². The van der Waals surface area contributed by atoms with Crippen LogP contribution in [-0.4, -0.2) is 48.4 Å². The van der Waals surface area contributed by atoms with Crippen molar-refractivity contribution in [1.29, 1.82) is 0 Å². The second-order valence-electron chi connectivity index (χ2n) is 6.91. The quantitative estimate of drug-likeness (QED) is 0.587. The van der Waals surface area contributed by atoms with Crippen LogP contribution in [0, 0.1) is 17.5 Å². The molecule has 0 bridgehead atoms. The highest BCUT2D eigenvalue weighted by Crippen LogP contribution is 2.23. The Bertz CT molecular complexity index is 1040. The number of halogens is 4. The highest BCUT2D eigenvalue weighted by Gasteiger charge is 2.27. The molecule has 0 unspecified atom stereocenters. The number of imidazole rings is 1. The van der Waals surface area contributed by atoms with Gasteiger partial charge in [-0.15, -0.1) is 17.5 Å². The van der Waals surface area contributed by atoms with Crippen LogP contribution in [0.1, 0.15) is 17.7 Å². The first-order chi connectivity index (χ1) is 13.9. The van der Waals surface area contributed by atoms with Crippen LogP contribution in [0.2, 0.25) is 0 Å². The Morgan fingerprint density at radius 2 is 1.97 bits per heavy atom. The van der Waals surface area contributed by atoms with E-state index in [1.807, 2.05) is 0 Å². The van der Waals surface area contributed by atoms with Gasteiger partial charge in [-0.25, -0.2) is 22.8 Å². The molecule has 12 heteroatoms. The van der Waals surface area contributed by atoms with Gasteiger partial charge in [0.25, 0.3) is 0 Å². The van der Waals surface area contributed by atoms with E-state index >= 15 is 0 Å². The van der Waals surface area contributed by atoms with Gasteiger partial charge in [-0.3, -0.25) is 4.79 Å². The minimum absolute atomic E-state index is 0. The van der Waals surface area contributed by atoms with Crippen LogP contribution < -0.4 is 5.73 Å². The summed E-state index contributed by atoms with van der Waals surface area (Å²) >= 11 is 0. The molecule has 160 valence electrons. The summed E-state index contributed by atoms with van der Waals surface area (Å²) in [6, 6.07) is 0.519. The number of nitrogens with zero attached hydrogens (tertiary/aromatic N) is 5. The molecule has 30 heavy (non-hydrogen) atoms. The van der Waals surface area contributed by atoms with E-state index in [2.05, 4.69) is 20.3 Å². The molecule has 2 aromatic heterocycles. The molecule has 0 aliphatic carbocycles. The first kappa shape index (κ1) is 21.8. The number of nitrogens with two attached hydrogens (primary N) is 1. The van der Waals surface area contributed by atoms with Gasteiger partial charge in [-0.05, 0) is 18.1 Å². The van der Waals surface area contributed by atoms with Crippen LogP contribution in [-0.2, 0) is 24.3 Å². The predicted octanol–water partition coefficient (Wildman–Crippen LogP) is 1.81. The van der Waals surface area contributed by atoms with Crippen molar-refractivity contribution in [2.75, 3.05) is 6.54 Å². The van der Waals surface area contributed by atoms with E-state index in [0.29, 0.717) is 37.1 Å². The average molecular weight is 442 g/mol. The molecule has 1 amide bonds. The number of aromatic amines is 1. The average Bonchev–Trinajstić information content (AvgIpc) is 3.34. The molecule has 4 rings (SSSR count). The van der Waals surface area contributed by atoms with Gasteiger partial charge in [0.05, 0.1) is 37.0 Å². The van der Waals surface area contributed by atoms with Gasteiger partial charge in [0.15, 0.2) is 11.6 Å². The smallest absolute Gasteiger partial charge is 0.224 e. The zero-order valence-corrected chi connectivity index (χ0v) is 16.5. The SMILES string of the molecule is Cl.N[C@@H](CC(=O)N1CCn2nnc(-c3cnc[nH]3)c2C1)Cc1cc(F)c(F)cc1F. The molecule has 0 radical (unpaired) electrons. The zero-order chi connectivity index (χ0) is 20.5. The summed E-state index contributed by atoms with van der Waals surface area (Å²) in [5.41, 5.74) is 8.01. The van der Waals surface area contributed by atoms with Crippen molar-refractivity contribution in [1.82, 2.24) is 29.9 Å². The number of carbonyl (C=O) groups is 1. The maximum absolute atomic E-state index is 13.8. The van der Waals surface area contributed by atoms with Crippen molar-refractivity contribution >= 4 is 18.3 Å². The minimum atomic E-state index is -1.26. The summed E-state index contributed by atoms with van der Waals surface area (Å²) < 4.78 is 41.9. The number of rotatable bonds is 5. The molecule has 1 atom stereocenters. The molecule has 3 aromatic rings. The highest BCUT2D eigenvalue weighted by atomic mass is 35.5. The second kappa shape index (κ2) is 8.84. The normalized spacial score (nSPS) is 14.2. The fourth-order valence-corrected chi connectivity index (χ4v) is 3.38. The van der Waals surface area contributed by atoms with Gasteiger partial charge in [-0.2, -0.15) is 0 Å². The lowest BCUT2D eigenvalue weighted by molar-refractivity contribution is -0.133. The van der Waals surface area contributed by atoms with Crippen LogP contribution in [0.3, 0.4) is 0 Å². The van der Waals surface area contributed by atoms with Gasteiger partial charge < -0.3 is 15.6 Å². The Balaban J connectivity index is 0.00000256. The van der Waals surface area contributed by atoms with Crippen LogP contribution in [0.5, 0.6) is 0 Å². The van der Waals surface area contributed by atoms with E-state index in [1.165, 1.54) is 6.33 Å². The van der Waals surface area contributed by atoms with Crippen molar-refractivity contribution in [3.63, 3.8) is 0 Å². The molecular weight excluding hydrogens is 423 g/mol. The van der Waals surface area contributed by atoms with Crippen LogP contribution in [0.4, 0.5) is 13.2 Å². The topological polar surface area (TPSA) is 106 Å². The summed E-state index contributed by atoms with van der Waals surface area (Å²) in [5, 5.41) is 8.24. The van der Waals surface area contributed by atoms with E-state index in [4.69, 9.17) is 5.73 Å². The number of carbonyl (C=O) groups excluding carboxylic acids is 1. The highest BCUT2D eigenvalue weighted by molar-refractivity contribution is 5.85. The number of nitrogens with one attached hydrogen (secondary N) is 1. The third-order valence-corrected chi connectivity index (χ3v) is 4.87. The van der Waals surface area contributed by atoms with Crippen LogP contribution in [0.15, 0.2) is 24.7 Å². The van der Waals surface area contributed by atoms with E-state index < -0.39 is 23.5 Å². The zero-order valence-electron chi connectivity index (χ0n) is 15.7. The monoisotopic (exact) mass is 441 g/mol. The Morgan fingerprint density at radius 1 is 1.20 bits per heavy atom. The van der Waals surface area contributed by atoms with E-state index in [9.17, 15) is 18.0 Å². The summed E-state index contributed by atoms with van der Waals surface area (Å²) in [4.78, 5) is 21.2. The Morgan fingerprint density at radius 3 is 2.70 bits per heavy atom. The fraction of sp³-hybridized carbons (Fsp3) is 0.333. The summed E-state index contributed by atoms with van der Waals surface area (Å²) in [6.45, 7) is 1.21. The van der Waals surface area contributed by atoms with Crippen molar-refractivity contribution in [3.8, 4) is 11.4 Å². The molecule has 0 saturated heterocycles. The van der Waals surface area contributed by atoms with Crippen LogP contribution >= 0.6 is 12.4 Å². The Labute approximate surface area is 175 Å². The van der Waals surface area contributed by atoms with E-state index in [-0.39, 0.29) is 36.7 Å². The van der Waals surface area contributed by atoms with Crippen molar-refractivity contribution < 1.29 is 18.0 Å². The number of amides is 1. The number of aromatic nitrogens is 5.